The molecule has 0 unspecified atom stereocenters. The van der Waals surface area contributed by atoms with Gasteiger partial charge in [-0.3, -0.25) is 9.36 Å². The Morgan fingerprint density at radius 2 is 2.21 bits per heavy atom. The van der Waals surface area contributed by atoms with Gasteiger partial charge in [0.1, 0.15) is 0 Å². The summed E-state index contributed by atoms with van der Waals surface area (Å²) in [5, 5.41) is 7.03. The van der Waals surface area contributed by atoms with E-state index in [2.05, 4.69) is 17.1 Å². The normalized spacial score (nSPS) is 17.3. The van der Waals surface area contributed by atoms with E-state index in [1.807, 2.05) is 24.3 Å². The number of nitrogens with zero attached hydrogens (tertiary/aromatic N) is 2. The maximum atomic E-state index is 12.3. The molecule has 3 rings (SSSR count). The lowest BCUT2D eigenvalue weighted by molar-refractivity contribution is 0.0941. The first-order chi connectivity index (χ1) is 11.7. The lowest BCUT2D eigenvalue weighted by Crippen LogP contribution is -2.25. The van der Waals surface area contributed by atoms with Crippen molar-refractivity contribution in [1.82, 2.24) is 14.8 Å². The zero-order valence-corrected chi connectivity index (χ0v) is 14.5. The van der Waals surface area contributed by atoms with Crippen molar-refractivity contribution < 1.29 is 9.53 Å². The van der Waals surface area contributed by atoms with Gasteiger partial charge in [0.15, 0.2) is 10.9 Å². The molecular weight excluding hydrogens is 326 g/mol. The van der Waals surface area contributed by atoms with Crippen LogP contribution in [-0.4, -0.2) is 39.0 Å². The predicted octanol–water partition coefficient (Wildman–Crippen LogP) is 2.29. The maximum absolute atomic E-state index is 12.3. The predicted molar refractivity (Wildman–Crippen MR) is 92.7 cm³/mol. The molecule has 1 atom stereocenters. The summed E-state index contributed by atoms with van der Waals surface area (Å²) in [5.41, 5.74) is 1.63. The van der Waals surface area contributed by atoms with Gasteiger partial charge in [0.25, 0.3) is 0 Å². The monoisotopic (exact) mass is 347 g/mol. The third kappa shape index (κ3) is 3.96. The van der Waals surface area contributed by atoms with Crippen LogP contribution in [0.25, 0.3) is 0 Å². The number of hydrogen-bond donors (Lipinski definition) is 1. The Morgan fingerprint density at radius 3 is 2.88 bits per heavy atom. The molecule has 1 saturated heterocycles. The van der Waals surface area contributed by atoms with E-state index in [1.165, 1.54) is 17.3 Å². The van der Waals surface area contributed by atoms with Crippen molar-refractivity contribution in [3.05, 3.63) is 45.9 Å². The Kier molecular flexibility index (Phi) is 5.52. The molecule has 1 fully saturated rings. The Labute approximate surface area is 144 Å². The third-order valence-electron chi connectivity index (χ3n) is 4.15. The van der Waals surface area contributed by atoms with Crippen LogP contribution in [0.1, 0.15) is 35.7 Å². The average Bonchev–Trinajstić information content (AvgIpc) is 3.24. The van der Waals surface area contributed by atoms with Crippen molar-refractivity contribution in [1.29, 1.82) is 0 Å². The Morgan fingerprint density at radius 1 is 1.42 bits per heavy atom. The minimum absolute atomic E-state index is 0.0294. The number of benzene rings is 1. The van der Waals surface area contributed by atoms with E-state index in [-0.39, 0.29) is 23.3 Å². The van der Waals surface area contributed by atoms with Crippen molar-refractivity contribution >= 4 is 17.5 Å². The lowest BCUT2D eigenvalue weighted by atomic mass is 10.1. The molecule has 1 aliphatic rings. The van der Waals surface area contributed by atoms with Crippen LogP contribution in [0, 0.1) is 0 Å². The van der Waals surface area contributed by atoms with Gasteiger partial charge in [0, 0.05) is 12.2 Å². The number of carbonyl (C=O) groups is 1. The maximum Gasteiger partial charge on any atom is 0.344 e. The lowest BCUT2D eigenvalue weighted by Gasteiger charge is -2.10. The molecule has 1 aromatic carbocycles. The highest BCUT2D eigenvalue weighted by molar-refractivity contribution is 7.99. The second-order valence-electron chi connectivity index (χ2n) is 5.82. The number of nitrogens with one attached hydrogen (secondary N) is 1. The molecule has 24 heavy (non-hydrogen) atoms. The van der Waals surface area contributed by atoms with E-state index in [9.17, 15) is 9.59 Å². The Hall–Kier alpha value is -1.86. The van der Waals surface area contributed by atoms with E-state index in [0.717, 1.165) is 25.9 Å². The highest BCUT2D eigenvalue weighted by Crippen LogP contribution is 2.19. The molecule has 0 saturated carbocycles. The highest BCUT2D eigenvalue weighted by Gasteiger charge is 2.20. The van der Waals surface area contributed by atoms with Crippen molar-refractivity contribution in [3.63, 3.8) is 0 Å². The number of rotatable bonds is 7. The van der Waals surface area contributed by atoms with Crippen molar-refractivity contribution in [2.45, 2.75) is 44.0 Å². The second-order valence-corrected chi connectivity index (χ2v) is 6.76. The summed E-state index contributed by atoms with van der Waals surface area (Å²) < 4.78 is 7.14. The molecule has 128 valence electrons. The molecule has 1 aromatic heterocycles. The minimum Gasteiger partial charge on any atom is -0.376 e. The molecule has 2 aromatic rings. The Balaban J connectivity index is 1.63. The molecule has 0 aliphatic carbocycles. The van der Waals surface area contributed by atoms with E-state index in [4.69, 9.17) is 4.74 Å². The van der Waals surface area contributed by atoms with Gasteiger partial charge < -0.3 is 4.74 Å². The summed E-state index contributed by atoms with van der Waals surface area (Å²) in [6, 6.07) is 7.65. The van der Waals surface area contributed by atoms with E-state index >= 15 is 0 Å². The van der Waals surface area contributed by atoms with Crippen LogP contribution in [-0.2, 0) is 17.7 Å². The molecule has 2 heterocycles. The topological polar surface area (TPSA) is 77.0 Å². The number of hydrogen-bond acceptors (Lipinski definition) is 5. The number of thioether (sulfide) groups is 1. The van der Waals surface area contributed by atoms with Gasteiger partial charge in [-0.2, -0.15) is 0 Å². The van der Waals surface area contributed by atoms with Gasteiger partial charge >= 0.3 is 5.69 Å². The van der Waals surface area contributed by atoms with E-state index in [1.54, 1.807) is 4.57 Å². The zero-order chi connectivity index (χ0) is 16.9. The van der Waals surface area contributed by atoms with Crippen LogP contribution in [0.2, 0.25) is 0 Å². The second kappa shape index (κ2) is 7.81. The first kappa shape index (κ1) is 17.0. The zero-order valence-electron chi connectivity index (χ0n) is 13.7. The number of aryl methyl sites for hydroxylation is 1. The van der Waals surface area contributed by atoms with Gasteiger partial charge in [-0.05, 0) is 24.8 Å². The summed E-state index contributed by atoms with van der Waals surface area (Å²) in [4.78, 5) is 24.2. The largest absolute Gasteiger partial charge is 0.376 e. The number of aromatic nitrogens is 3. The highest BCUT2D eigenvalue weighted by atomic mass is 32.2. The van der Waals surface area contributed by atoms with Crippen molar-refractivity contribution in [2.75, 3.05) is 12.4 Å². The van der Waals surface area contributed by atoms with Gasteiger partial charge in [-0.1, -0.05) is 43.0 Å². The van der Waals surface area contributed by atoms with Gasteiger partial charge in [0.2, 0.25) is 0 Å². The van der Waals surface area contributed by atoms with Gasteiger partial charge in [0.05, 0.1) is 18.4 Å². The fourth-order valence-electron chi connectivity index (χ4n) is 2.71. The number of ether oxygens (including phenoxy) is 1. The van der Waals surface area contributed by atoms with Crippen LogP contribution >= 0.6 is 11.8 Å². The fraction of sp³-hybridized carbons (Fsp3) is 0.471. The summed E-state index contributed by atoms with van der Waals surface area (Å²) in [7, 11) is 0. The molecule has 1 N–H and O–H groups in total. The molecule has 0 bridgehead atoms. The summed E-state index contributed by atoms with van der Waals surface area (Å²) in [6.07, 6.45) is 2.97. The molecule has 0 amide bonds. The number of Topliss-reactive ketones (excluding diaryl/α,β-unsaturated/α-hetero) is 1. The van der Waals surface area contributed by atoms with Gasteiger partial charge in [-0.15, -0.1) is 5.10 Å². The standard InChI is InChI=1S/C17H21N3O3S/c1-2-12-5-7-13(8-6-12)15(21)11-24-17-19-18-16(22)20(17)10-14-4-3-9-23-14/h5-8,14H,2-4,9-11H2,1H3,(H,18,22)/t14-/m0/s1. The van der Waals surface area contributed by atoms with E-state index in [0.29, 0.717) is 17.3 Å². The summed E-state index contributed by atoms with van der Waals surface area (Å²) >= 11 is 1.28. The van der Waals surface area contributed by atoms with Crippen LogP contribution < -0.4 is 5.69 Å². The minimum atomic E-state index is -0.257. The van der Waals surface area contributed by atoms with Gasteiger partial charge in [-0.25, -0.2) is 9.89 Å². The smallest absolute Gasteiger partial charge is 0.344 e. The van der Waals surface area contributed by atoms with Crippen LogP contribution in [0.3, 0.4) is 0 Å². The first-order valence-electron chi connectivity index (χ1n) is 8.19. The molecule has 1 aliphatic heterocycles. The average molecular weight is 347 g/mol. The SMILES string of the molecule is CCc1ccc(C(=O)CSc2n[nH]c(=O)n2C[C@@H]2CCCO2)cc1. The molecule has 0 spiro atoms. The van der Waals surface area contributed by atoms with E-state index < -0.39 is 0 Å². The first-order valence-corrected chi connectivity index (χ1v) is 9.17. The Bertz CT molecular complexity index is 745. The molecule has 0 radical (unpaired) electrons. The van der Waals surface area contributed by atoms with Crippen LogP contribution in [0.15, 0.2) is 34.2 Å². The number of carbonyl (C=O) groups excluding carboxylic acids is 1. The number of ketones is 1. The van der Waals surface area contributed by atoms with Crippen LogP contribution in [0.5, 0.6) is 0 Å². The summed E-state index contributed by atoms with van der Waals surface area (Å²) in [6.45, 7) is 3.31. The van der Waals surface area contributed by atoms with Crippen molar-refractivity contribution in [3.8, 4) is 0 Å². The molecule has 7 heteroatoms. The number of H-pyrrole nitrogens is 1. The van der Waals surface area contributed by atoms with Crippen LogP contribution in [0.4, 0.5) is 0 Å². The third-order valence-corrected chi connectivity index (χ3v) is 5.13. The van der Waals surface area contributed by atoms with Crippen molar-refractivity contribution in [2.24, 2.45) is 0 Å². The summed E-state index contributed by atoms with van der Waals surface area (Å²) in [5.74, 6) is 0.281. The molecular formula is C17H21N3O3S. The number of aromatic amines is 1. The fourth-order valence-corrected chi connectivity index (χ4v) is 3.56. The quantitative estimate of drug-likeness (QED) is 0.614. The molecule has 6 nitrogen and oxygen atoms in total.